The number of terminal acetylenes is 1. The molecule has 0 aromatic heterocycles. The maximum Gasteiger partial charge on any atom is 0.270 e. The van der Waals surface area contributed by atoms with Crippen molar-refractivity contribution in [3.05, 3.63) is 38.9 Å². The molecule has 0 aliphatic carbocycles. The third-order valence-electron chi connectivity index (χ3n) is 1.76. The van der Waals surface area contributed by atoms with Crippen molar-refractivity contribution in [3.63, 3.8) is 0 Å². The Labute approximate surface area is 96.6 Å². The minimum absolute atomic E-state index is 0.0173. The van der Waals surface area contributed by atoms with E-state index < -0.39 is 10.8 Å². The summed E-state index contributed by atoms with van der Waals surface area (Å²) in [5.41, 5.74) is -0.0129. The van der Waals surface area contributed by atoms with Crippen LogP contribution in [0.4, 0.5) is 5.69 Å². The number of rotatable bonds is 3. The summed E-state index contributed by atoms with van der Waals surface area (Å²) in [6, 6.07) is 3.61. The molecule has 0 unspecified atom stereocenters. The molecule has 0 aliphatic rings. The van der Waals surface area contributed by atoms with Crippen LogP contribution in [0.5, 0.6) is 0 Å². The summed E-state index contributed by atoms with van der Waals surface area (Å²) < 4.78 is 0. The van der Waals surface area contributed by atoms with Crippen LogP contribution in [0.1, 0.15) is 10.4 Å². The van der Waals surface area contributed by atoms with Gasteiger partial charge >= 0.3 is 0 Å². The van der Waals surface area contributed by atoms with Crippen LogP contribution in [0.15, 0.2) is 18.2 Å². The molecular weight excluding hydrogens is 232 g/mol. The molecule has 1 amide bonds. The predicted octanol–water partition coefficient (Wildman–Crippen LogP) is 1.61. The number of halogens is 1. The van der Waals surface area contributed by atoms with Crippen molar-refractivity contribution in [2.75, 3.05) is 6.54 Å². The Morgan fingerprint density at radius 1 is 1.62 bits per heavy atom. The quantitative estimate of drug-likeness (QED) is 0.494. The normalized spacial score (nSPS) is 9.25. The number of non-ortho nitro benzene ring substituents is 1. The van der Waals surface area contributed by atoms with Gasteiger partial charge in [-0.1, -0.05) is 17.5 Å². The summed E-state index contributed by atoms with van der Waals surface area (Å²) in [7, 11) is 0. The van der Waals surface area contributed by atoms with Gasteiger partial charge in [0, 0.05) is 12.1 Å². The molecule has 6 heteroatoms. The van der Waals surface area contributed by atoms with Crippen LogP contribution in [0.25, 0.3) is 0 Å². The summed E-state index contributed by atoms with van der Waals surface area (Å²) >= 11 is 5.73. The molecule has 0 saturated carbocycles. The predicted molar refractivity (Wildman–Crippen MR) is 59.3 cm³/mol. The summed E-state index contributed by atoms with van der Waals surface area (Å²) in [5.74, 6) is 1.77. The lowest BCUT2D eigenvalue weighted by Gasteiger charge is -2.03. The molecule has 16 heavy (non-hydrogen) atoms. The third kappa shape index (κ3) is 2.72. The Balaban J connectivity index is 2.95. The summed E-state index contributed by atoms with van der Waals surface area (Å²) in [4.78, 5) is 21.3. The van der Waals surface area contributed by atoms with E-state index in [2.05, 4.69) is 11.2 Å². The minimum Gasteiger partial charge on any atom is -0.341 e. The number of carbonyl (C=O) groups is 1. The van der Waals surface area contributed by atoms with Gasteiger partial charge in [-0.25, -0.2) is 0 Å². The number of amides is 1. The van der Waals surface area contributed by atoms with Crippen molar-refractivity contribution in [2.45, 2.75) is 0 Å². The standard InChI is InChI=1S/C10H7ClN2O3/c1-2-5-12-10(14)8-4-3-7(13(15)16)6-9(8)11/h1,3-4,6H,5H2,(H,12,14). The van der Waals surface area contributed by atoms with Crippen molar-refractivity contribution in [1.29, 1.82) is 0 Å². The molecule has 0 fully saturated rings. The fourth-order valence-corrected chi connectivity index (χ4v) is 1.29. The topological polar surface area (TPSA) is 72.2 Å². The fraction of sp³-hybridized carbons (Fsp3) is 0.100. The molecule has 0 bridgehead atoms. The van der Waals surface area contributed by atoms with Crippen LogP contribution < -0.4 is 5.32 Å². The highest BCUT2D eigenvalue weighted by Gasteiger charge is 2.13. The first kappa shape index (κ1) is 12.0. The van der Waals surface area contributed by atoms with Crippen molar-refractivity contribution in [2.24, 2.45) is 0 Å². The van der Waals surface area contributed by atoms with Gasteiger partial charge in [0.2, 0.25) is 0 Å². The number of nitrogens with one attached hydrogen (secondary N) is 1. The first-order chi connectivity index (χ1) is 7.56. The number of nitrogens with zero attached hydrogens (tertiary/aromatic N) is 1. The van der Waals surface area contributed by atoms with E-state index >= 15 is 0 Å². The van der Waals surface area contributed by atoms with Gasteiger partial charge in [0.25, 0.3) is 11.6 Å². The zero-order valence-corrected chi connectivity index (χ0v) is 8.82. The Kier molecular flexibility index (Phi) is 3.86. The van der Waals surface area contributed by atoms with Gasteiger partial charge < -0.3 is 5.32 Å². The van der Waals surface area contributed by atoms with Crippen LogP contribution in [0, 0.1) is 22.5 Å². The lowest BCUT2D eigenvalue weighted by molar-refractivity contribution is -0.384. The van der Waals surface area contributed by atoms with Crippen molar-refractivity contribution < 1.29 is 9.72 Å². The number of hydrogen-bond acceptors (Lipinski definition) is 3. The average molecular weight is 239 g/mol. The Morgan fingerprint density at radius 2 is 2.31 bits per heavy atom. The second-order valence-electron chi connectivity index (χ2n) is 2.81. The van der Waals surface area contributed by atoms with Gasteiger partial charge in [0.05, 0.1) is 22.1 Å². The largest absolute Gasteiger partial charge is 0.341 e. The molecule has 0 radical (unpaired) electrons. The lowest BCUT2D eigenvalue weighted by atomic mass is 10.2. The lowest BCUT2D eigenvalue weighted by Crippen LogP contribution is -2.23. The zero-order chi connectivity index (χ0) is 12.1. The molecule has 1 N–H and O–H groups in total. The van der Waals surface area contributed by atoms with E-state index in [0.29, 0.717) is 0 Å². The minimum atomic E-state index is -0.588. The van der Waals surface area contributed by atoms with Crippen LogP contribution in [0.3, 0.4) is 0 Å². The second kappa shape index (κ2) is 5.14. The summed E-state index contributed by atoms with van der Waals surface area (Å²) in [5, 5.41) is 12.9. The van der Waals surface area contributed by atoms with Crippen LogP contribution >= 0.6 is 11.6 Å². The summed E-state index contributed by atoms with van der Waals surface area (Å²) in [6.07, 6.45) is 4.97. The SMILES string of the molecule is C#CCNC(=O)c1ccc([N+](=O)[O-])cc1Cl. The number of carbonyl (C=O) groups excluding carboxylic acids is 1. The van der Waals surface area contributed by atoms with Gasteiger partial charge in [0.1, 0.15) is 0 Å². The van der Waals surface area contributed by atoms with E-state index in [1.165, 1.54) is 12.1 Å². The highest BCUT2D eigenvalue weighted by Crippen LogP contribution is 2.22. The maximum absolute atomic E-state index is 11.4. The molecule has 1 aromatic rings. The van der Waals surface area contributed by atoms with Gasteiger partial charge in [-0.2, -0.15) is 0 Å². The van der Waals surface area contributed by atoms with Crippen LogP contribution in [-0.2, 0) is 0 Å². The van der Waals surface area contributed by atoms with Crippen molar-refractivity contribution in [3.8, 4) is 12.3 Å². The van der Waals surface area contributed by atoms with Gasteiger partial charge in [0.15, 0.2) is 0 Å². The number of benzene rings is 1. The molecule has 82 valence electrons. The third-order valence-corrected chi connectivity index (χ3v) is 2.07. The monoisotopic (exact) mass is 238 g/mol. The van der Waals surface area contributed by atoms with Gasteiger partial charge in [-0.3, -0.25) is 14.9 Å². The number of nitro benzene ring substituents is 1. The first-order valence-electron chi connectivity index (χ1n) is 4.22. The fourth-order valence-electron chi connectivity index (χ4n) is 1.03. The van der Waals surface area contributed by atoms with E-state index in [0.717, 1.165) is 6.07 Å². The van der Waals surface area contributed by atoms with E-state index in [4.69, 9.17) is 18.0 Å². The maximum atomic E-state index is 11.4. The molecule has 0 heterocycles. The molecule has 1 rings (SSSR count). The van der Waals surface area contributed by atoms with E-state index in [1.807, 2.05) is 0 Å². The number of nitro groups is 1. The highest BCUT2D eigenvalue weighted by atomic mass is 35.5. The van der Waals surface area contributed by atoms with E-state index in [-0.39, 0.29) is 22.8 Å². The van der Waals surface area contributed by atoms with Crippen LogP contribution in [0.2, 0.25) is 5.02 Å². The molecule has 0 atom stereocenters. The summed E-state index contributed by atoms with van der Waals surface area (Å²) in [6.45, 7) is 0.0755. The Morgan fingerprint density at radius 3 is 2.81 bits per heavy atom. The molecular formula is C10H7ClN2O3. The van der Waals surface area contributed by atoms with Gasteiger partial charge in [-0.15, -0.1) is 6.42 Å². The first-order valence-corrected chi connectivity index (χ1v) is 4.59. The Bertz CT molecular complexity index is 479. The second-order valence-corrected chi connectivity index (χ2v) is 3.22. The number of hydrogen-bond donors (Lipinski definition) is 1. The van der Waals surface area contributed by atoms with Crippen molar-refractivity contribution >= 4 is 23.2 Å². The molecule has 0 spiro atoms. The molecule has 1 aromatic carbocycles. The molecule has 0 aliphatic heterocycles. The van der Waals surface area contributed by atoms with E-state index in [9.17, 15) is 14.9 Å². The smallest absolute Gasteiger partial charge is 0.270 e. The van der Waals surface area contributed by atoms with Crippen LogP contribution in [-0.4, -0.2) is 17.4 Å². The zero-order valence-electron chi connectivity index (χ0n) is 8.07. The Hall–Kier alpha value is -2.06. The highest BCUT2D eigenvalue weighted by molar-refractivity contribution is 6.34. The van der Waals surface area contributed by atoms with Crippen molar-refractivity contribution in [1.82, 2.24) is 5.32 Å². The van der Waals surface area contributed by atoms with E-state index in [1.54, 1.807) is 0 Å². The molecule has 5 nitrogen and oxygen atoms in total. The molecule has 0 saturated heterocycles. The average Bonchev–Trinajstić information content (AvgIpc) is 2.25. The van der Waals surface area contributed by atoms with Gasteiger partial charge in [-0.05, 0) is 6.07 Å².